The van der Waals surface area contributed by atoms with Crippen LogP contribution in [0.5, 0.6) is 11.5 Å². The molecule has 6 nitrogen and oxygen atoms in total. The molecule has 6 heteroatoms. The second-order valence-corrected chi connectivity index (χ2v) is 8.37. The molecule has 2 aromatic carbocycles. The van der Waals surface area contributed by atoms with Gasteiger partial charge in [-0.2, -0.15) is 5.26 Å². The largest absolute Gasteiger partial charge is 0.490 e. The van der Waals surface area contributed by atoms with Crippen LogP contribution in [0, 0.1) is 17.2 Å². The molecule has 3 atom stereocenters. The average molecular weight is 443 g/mol. The number of aliphatic imine (C=N–C) groups is 1. The summed E-state index contributed by atoms with van der Waals surface area (Å²) in [6.07, 6.45) is 1.04. The smallest absolute Gasteiger partial charge is 0.308 e. The van der Waals surface area contributed by atoms with Crippen molar-refractivity contribution in [2.75, 3.05) is 6.61 Å². The van der Waals surface area contributed by atoms with Gasteiger partial charge in [-0.15, -0.1) is 0 Å². The Morgan fingerprint density at radius 3 is 2.55 bits per heavy atom. The van der Waals surface area contributed by atoms with Crippen LogP contribution in [0.4, 0.5) is 0 Å². The summed E-state index contributed by atoms with van der Waals surface area (Å²) in [5.41, 5.74) is 3.96. The van der Waals surface area contributed by atoms with Crippen molar-refractivity contribution in [3.63, 3.8) is 0 Å². The zero-order valence-electron chi connectivity index (χ0n) is 19.0. The SMILES string of the molecule is CCOc1cc([C@@H]2C3=C(C[C@H](c4ccccc4)CC3=O)N=C(C)C2C#N)ccc1OC(C)=O. The maximum atomic E-state index is 13.5. The first kappa shape index (κ1) is 22.5. The monoisotopic (exact) mass is 442 g/mol. The van der Waals surface area contributed by atoms with Gasteiger partial charge in [0.2, 0.25) is 0 Å². The van der Waals surface area contributed by atoms with Crippen LogP contribution < -0.4 is 9.47 Å². The van der Waals surface area contributed by atoms with Gasteiger partial charge in [0.25, 0.3) is 0 Å². The number of rotatable bonds is 5. The van der Waals surface area contributed by atoms with Crippen molar-refractivity contribution in [3.8, 4) is 17.6 Å². The molecule has 0 fully saturated rings. The molecule has 0 aromatic heterocycles. The van der Waals surface area contributed by atoms with E-state index in [1.165, 1.54) is 6.92 Å². The molecule has 0 saturated carbocycles. The van der Waals surface area contributed by atoms with E-state index in [9.17, 15) is 14.9 Å². The molecule has 1 aliphatic heterocycles. The van der Waals surface area contributed by atoms with Gasteiger partial charge in [-0.1, -0.05) is 36.4 Å². The summed E-state index contributed by atoms with van der Waals surface area (Å²) in [6.45, 7) is 5.40. The zero-order valence-corrected chi connectivity index (χ0v) is 19.0. The van der Waals surface area contributed by atoms with Crippen LogP contribution in [0.2, 0.25) is 0 Å². The highest BCUT2D eigenvalue weighted by molar-refractivity contribution is 6.03. The Balaban J connectivity index is 1.79. The number of esters is 1. The lowest BCUT2D eigenvalue weighted by Gasteiger charge is -2.35. The van der Waals surface area contributed by atoms with Gasteiger partial charge in [0.05, 0.1) is 18.6 Å². The summed E-state index contributed by atoms with van der Waals surface area (Å²) in [4.78, 5) is 29.7. The minimum atomic E-state index is -0.560. The molecule has 0 N–H and O–H groups in total. The van der Waals surface area contributed by atoms with E-state index in [-0.39, 0.29) is 11.7 Å². The minimum absolute atomic E-state index is 0.0219. The molecule has 0 bridgehead atoms. The third-order valence-corrected chi connectivity index (χ3v) is 6.18. The molecule has 1 heterocycles. The predicted molar refractivity (Wildman–Crippen MR) is 124 cm³/mol. The van der Waals surface area contributed by atoms with Crippen LogP contribution in [-0.2, 0) is 9.59 Å². The number of hydrogen-bond acceptors (Lipinski definition) is 6. The fourth-order valence-electron chi connectivity index (χ4n) is 4.77. The first-order valence-corrected chi connectivity index (χ1v) is 11.1. The Kier molecular flexibility index (Phi) is 6.41. The number of nitriles is 1. The van der Waals surface area contributed by atoms with E-state index in [0.29, 0.717) is 42.2 Å². The fourth-order valence-corrected chi connectivity index (χ4v) is 4.77. The van der Waals surface area contributed by atoms with E-state index in [4.69, 9.17) is 14.5 Å². The highest BCUT2D eigenvalue weighted by Gasteiger charge is 2.41. The molecule has 168 valence electrons. The van der Waals surface area contributed by atoms with Crippen LogP contribution in [0.3, 0.4) is 0 Å². The molecule has 0 saturated heterocycles. The molecular weight excluding hydrogens is 416 g/mol. The topological polar surface area (TPSA) is 88.8 Å². The summed E-state index contributed by atoms with van der Waals surface area (Å²) in [5, 5.41) is 9.98. The molecule has 2 aliphatic rings. The summed E-state index contributed by atoms with van der Waals surface area (Å²) in [5.74, 6) is -0.635. The molecule has 33 heavy (non-hydrogen) atoms. The molecule has 1 unspecified atom stereocenters. The predicted octanol–water partition coefficient (Wildman–Crippen LogP) is 5.11. The Bertz CT molecular complexity index is 1190. The van der Waals surface area contributed by atoms with E-state index >= 15 is 0 Å². The van der Waals surface area contributed by atoms with Gasteiger partial charge in [0.15, 0.2) is 17.3 Å². The lowest BCUT2D eigenvalue weighted by atomic mass is 9.69. The normalized spacial score (nSPS) is 22.2. The fraction of sp³-hybridized carbons (Fsp3) is 0.333. The number of benzene rings is 2. The second kappa shape index (κ2) is 9.41. The standard InChI is InChI=1S/C27H26N2O4/c1-4-32-25-14-19(10-11-24(25)33-17(3)30)26-21(15-28)16(2)29-22-12-20(13-23(31)27(22)26)18-8-6-5-7-9-18/h5-11,14,20-21,26H,4,12-13H2,1-3H3/t20-,21?,26-/m0/s1. The van der Waals surface area contributed by atoms with Crippen molar-refractivity contribution < 1.29 is 19.1 Å². The van der Waals surface area contributed by atoms with E-state index in [1.807, 2.05) is 44.2 Å². The highest BCUT2D eigenvalue weighted by Crippen LogP contribution is 2.47. The third kappa shape index (κ3) is 4.45. The van der Waals surface area contributed by atoms with Gasteiger partial charge in [0.1, 0.15) is 0 Å². The van der Waals surface area contributed by atoms with Crippen molar-refractivity contribution in [2.24, 2.45) is 10.9 Å². The zero-order chi connectivity index (χ0) is 23.5. The summed E-state index contributed by atoms with van der Waals surface area (Å²) < 4.78 is 11.0. The van der Waals surface area contributed by atoms with Crippen molar-refractivity contribution in [1.29, 1.82) is 5.26 Å². The van der Waals surface area contributed by atoms with Crippen LogP contribution in [0.15, 0.2) is 64.8 Å². The average Bonchev–Trinajstić information content (AvgIpc) is 2.79. The van der Waals surface area contributed by atoms with E-state index in [0.717, 1.165) is 16.8 Å². The second-order valence-electron chi connectivity index (χ2n) is 8.37. The number of carbonyl (C=O) groups excluding carboxylic acids is 2. The Labute approximate surface area is 193 Å². The van der Waals surface area contributed by atoms with E-state index < -0.39 is 17.8 Å². The minimum Gasteiger partial charge on any atom is -0.490 e. The third-order valence-electron chi connectivity index (χ3n) is 6.18. The summed E-state index contributed by atoms with van der Waals surface area (Å²) in [7, 11) is 0. The van der Waals surface area contributed by atoms with Crippen molar-refractivity contribution >= 4 is 17.5 Å². The maximum Gasteiger partial charge on any atom is 0.308 e. The molecule has 0 radical (unpaired) electrons. The number of carbonyl (C=O) groups is 2. The van der Waals surface area contributed by atoms with Crippen LogP contribution in [-0.4, -0.2) is 24.1 Å². The number of allylic oxidation sites excluding steroid dienone is 2. The number of ether oxygens (including phenoxy) is 2. The lowest BCUT2D eigenvalue weighted by Crippen LogP contribution is -2.32. The number of hydrogen-bond donors (Lipinski definition) is 0. The van der Waals surface area contributed by atoms with Crippen molar-refractivity contribution in [1.82, 2.24) is 0 Å². The first-order valence-electron chi connectivity index (χ1n) is 11.1. The van der Waals surface area contributed by atoms with Crippen LogP contribution in [0.25, 0.3) is 0 Å². The van der Waals surface area contributed by atoms with Gasteiger partial charge in [-0.3, -0.25) is 14.6 Å². The first-order chi connectivity index (χ1) is 15.9. The van der Waals surface area contributed by atoms with Crippen molar-refractivity contribution in [3.05, 3.63) is 70.9 Å². The maximum absolute atomic E-state index is 13.5. The lowest BCUT2D eigenvalue weighted by molar-refractivity contribution is -0.132. The van der Waals surface area contributed by atoms with Gasteiger partial charge in [-0.25, -0.2) is 0 Å². The highest BCUT2D eigenvalue weighted by atomic mass is 16.6. The summed E-state index contributed by atoms with van der Waals surface area (Å²) >= 11 is 0. The molecular formula is C27H26N2O4. The molecule has 2 aromatic rings. The Morgan fingerprint density at radius 1 is 1.12 bits per heavy atom. The molecule has 1 aliphatic carbocycles. The van der Waals surface area contributed by atoms with Gasteiger partial charge in [0, 0.05) is 36.2 Å². The molecule has 0 amide bonds. The van der Waals surface area contributed by atoms with Crippen LogP contribution in [0.1, 0.15) is 56.6 Å². The Hall–Kier alpha value is -3.72. The number of nitrogens with zero attached hydrogens (tertiary/aromatic N) is 2. The Morgan fingerprint density at radius 2 is 1.88 bits per heavy atom. The molecule has 0 spiro atoms. The molecule has 4 rings (SSSR count). The van der Waals surface area contributed by atoms with Gasteiger partial charge in [-0.05, 0) is 49.4 Å². The quantitative estimate of drug-likeness (QED) is 0.474. The van der Waals surface area contributed by atoms with Crippen molar-refractivity contribution in [2.45, 2.75) is 45.4 Å². The summed E-state index contributed by atoms with van der Waals surface area (Å²) in [6, 6.07) is 17.6. The van der Waals surface area contributed by atoms with E-state index in [1.54, 1.807) is 18.2 Å². The number of ketones is 1. The van der Waals surface area contributed by atoms with E-state index in [2.05, 4.69) is 6.07 Å². The van der Waals surface area contributed by atoms with Gasteiger partial charge < -0.3 is 9.47 Å². The van der Waals surface area contributed by atoms with Crippen LogP contribution >= 0.6 is 0 Å². The van der Waals surface area contributed by atoms with Gasteiger partial charge >= 0.3 is 5.97 Å². The number of Topliss-reactive ketones (excluding diaryl/α,β-unsaturated/α-hetero) is 1.